The second kappa shape index (κ2) is 7.73. The Hall–Kier alpha value is -1.95. The van der Waals surface area contributed by atoms with Gasteiger partial charge in [-0.3, -0.25) is 4.79 Å². The van der Waals surface area contributed by atoms with Crippen molar-refractivity contribution in [1.29, 1.82) is 0 Å². The van der Waals surface area contributed by atoms with Crippen molar-refractivity contribution in [2.75, 3.05) is 35.4 Å². The predicted octanol–water partition coefficient (Wildman–Crippen LogP) is 1.28. The number of carbonyl (C=O) groups excluding carboxylic acids is 1. The minimum absolute atomic E-state index is 0.0226. The largest absolute Gasteiger partial charge is 0.493 e. The molecule has 21 heavy (non-hydrogen) atoms. The summed E-state index contributed by atoms with van der Waals surface area (Å²) in [5.74, 6) is 1.78. The first-order valence-electron chi connectivity index (χ1n) is 6.68. The van der Waals surface area contributed by atoms with Crippen LogP contribution in [-0.4, -0.2) is 52.3 Å². The van der Waals surface area contributed by atoms with Gasteiger partial charge in [-0.05, 0) is 13.0 Å². The molecular formula is C15H24N2O4. The van der Waals surface area contributed by atoms with Crippen LogP contribution in [0.5, 0.6) is 17.2 Å². The van der Waals surface area contributed by atoms with Gasteiger partial charge >= 0.3 is 0 Å². The van der Waals surface area contributed by atoms with Crippen LogP contribution < -0.4 is 19.5 Å². The fraction of sp³-hybridized carbons (Fsp3) is 0.533. The van der Waals surface area contributed by atoms with E-state index in [9.17, 15) is 4.79 Å². The van der Waals surface area contributed by atoms with Crippen LogP contribution in [-0.2, 0) is 11.3 Å². The molecule has 0 saturated carbocycles. The number of hydrogen-bond donors (Lipinski definition) is 1. The van der Waals surface area contributed by atoms with E-state index < -0.39 is 0 Å². The maximum atomic E-state index is 11.8. The van der Waals surface area contributed by atoms with Gasteiger partial charge in [0.1, 0.15) is 0 Å². The number of methoxy groups -OCH3 is 3. The van der Waals surface area contributed by atoms with Gasteiger partial charge in [0.2, 0.25) is 11.7 Å². The third kappa shape index (κ3) is 4.01. The smallest absolute Gasteiger partial charge is 0.238 e. The SMILES string of the molecule is COc1ccc(CNC(C)C(=O)N(C)C)c(OC)c1OC. The van der Waals surface area contributed by atoms with Gasteiger partial charge in [-0.2, -0.15) is 0 Å². The molecule has 0 aliphatic rings. The highest BCUT2D eigenvalue weighted by atomic mass is 16.5. The van der Waals surface area contributed by atoms with Crippen molar-refractivity contribution >= 4 is 5.91 Å². The fourth-order valence-electron chi connectivity index (χ4n) is 2.04. The van der Waals surface area contributed by atoms with Crippen LogP contribution in [0.2, 0.25) is 0 Å². The summed E-state index contributed by atoms with van der Waals surface area (Å²) in [6.45, 7) is 2.32. The van der Waals surface area contributed by atoms with Gasteiger partial charge in [0.25, 0.3) is 0 Å². The van der Waals surface area contributed by atoms with Gasteiger partial charge in [0.15, 0.2) is 11.5 Å². The Labute approximate surface area is 126 Å². The molecule has 0 heterocycles. The minimum Gasteiger partial charge on any atom is -0.493 e. The zero-order chi connectivity index (χ0) is 16.0. The molecule has 0 radical (unpaired) electrons. The summed E-state index contributed by atoms with van der Waals surface area (Å²) >= 11 is 0. The predicted molar refractivity (Wildman–Crippen MR) is 81.1 cm³/mol. The molecule has 1 amide bonds. The zero-order valence-corrected chi connectivity index (χ0v) is 13.5. The van der Waals surface area contributed by atoms with E-state index in [-0.39, 0.29) is 11.9 Å². The number of amides is 1. The van der Waals surface area contributed by atoms with Crippen LogP contribution in [0, 0.1) is 0 Å². The standard InChI is InChI=1S/C15H24N2O4/c1-10(15(18)17(2)3)16-9-11-7-8-12(19-4)14(21-6)13(11)20-5/h7-8,10,16H,9H2,1-6H3. The van der Waals surface area contributed by atoms with E-state index in [1.54, 1.807) is 40.3 Å². The lowest BCUT2D eigenvalue weighted by Gasteiger charge is -2.20. The van der Waals surface area contributed by atoms with Crippen molar-refractivity contribution in [3.8, 4) is 17.2 Å². The third-order valence-electron chi connectivity index (χ3n) is 3.20. The first kappa shape index (κ1) is 17.1. The number of carbonyl (C=O) groups is 1. The van der Waals surface area contributed by atoms with Crippen LogP contribution >= 0.6 is 0 Å². The maximum Gasteiger partial charge on any atom is 0.238 e. The highest BCUT2D eigenvalue weighted by Gasteiger charge is 2.18. The van der Waals surface area contributed by atoms with Crippen molar-refractivity contribution in [2.24, 2.45) is 0 Å². The van der Waals surface area contributed by atoms with Crippen molar-refractivity contribution in [1.82, 2.24) is 10.2 Å². The molecule has 0 fully saturated rings. The first-order chi connectivity index (χ1) is 9.96. The zero-order valence-electron chi connectivity index (χ0n) is 13.5. The topological polar surface area (TPSA) is 60.0 Å². The molecule has 1 N–H and O–H groups in total. The van der Waals surface area contributed by atoms with E-state index in [2.05, 4.69) is 5.32 Å². The molecule has 0 aromatic heterocycles. The molecular weight excluding hydrogens is 272 g/mol. The van der Waals surface area contributed by atoms with Gasteiger partial charge in [-0.15, -0.1) is 0 Å². The molecule has 118 valence electrons. The van der Waals surface area contributed by atoms with E-state index in [1.807, 2.05) is 19.1 Å². The first-order valence-corrected chi connectivity index (χ1v) is 6.68. The van der Waals surface area contributed by atoms with Crippen LogP contribution in [0.15, 0.2) is 12.1 Å². The molecule has 1 unspecified atom stereocenters. The summed E-state index contributed by atoms with van der Waals surface area (Å²) in [7, 11) is 8.19. The number of hydrogen-bond acceptors (Lipinski definition) is 5. The van der Waals surface area contributed by atoms with Crippen molar-refractivity contribution in [3.63, 3.8) is 0 Å². The van der Waals surface area contributed by atoms with Crippen LogP contribution in [0.3, 0.4) is 0 Å². The molecule has 0 aliphatic carbocycles. The number of benzene rings is 1. The number of ether oxygens (including phenoxy) is 3. The Morgan fingerprint density at radius 1 is 1.14 bits per heavy atom. The van der Waals surface area contributed by atoms with Gasteiger partial charge in [-0.1, -0.05) is 6.07 Å². The molecule has 1 rings (SSSR count). The average Bonchev–Trinajstić information content (AvgIpc) is 2.50. The molecule has 1 aromatic carbocycles. The summed E-state index contributed by atoms with van der Waals surface area (Å²) in [5, 5.41) is 3.18. The summed E-state index contributed by atoms with van der Waals surface area (Å²) in [4.78, 5) is 13.4. The molecule has 0 aliphatic heterocycles. The maximum absolute atomic E-state index is 11.8. The van der Waals surface area contributed by atoms with Gasteiger partial charge in [-0.25, -0.2) is 0 Å². The van der Waals surface area contributed by atoms with E-state index in [0.29, 0.717) is 23.8 Å². The molecule has 0 spiro atoms. The van der Waals surface area contributed by atoms with Crippen molar-refractivity contribution < 1.29 is 19.0 Å². The van der Waals surface area contributed by atoms with Crippen molar-refractivity contribution in [3.05, 3.63) is 17.7 Å². The summed E-state index contributed by atoms with van der Waals surface area (Å²) in [6.07, 6.45) is 0. The van der Waals surface area contributed by atoms with E-state index in [0.717, 1.165) is 5.56 Å². The lowest BCUT2D eigenvalue weighted by atomic mass is 10.1. The summed E-state index contributed by atoms with van der Waals surface area (Å²) < 4.78 is 16.0. The minimum atomic E-state index is -0.280. The van der Waals surface area contributed by atoms with Crippen LogP contribution in [0.25, 0.3) is 0 Å². The Balaban J connectivity index is 2.91. The van der Waals surface area contributed by atoms with Crippen LogP contribution in [0.1, 0.15) is 12.5 Å². The highest BCUT2D eigenvalue weighted by Crippen LogP contribution is 2.39. The third-order valence-corrected chi connectivity index (χ3v) is 3.20. The second-order valence-electron chi connectivity index (χ2n) is 4.83. The summed E-state index contributed by atoms with van der Waals surface area (Å²) in [6, 6.07) is 3.43. The number of rotatable bonds is 7. The van der Waals surface area contributed by atoms with Crippen LogP contribution in [0.4, 0.5) is 0 Å². The molecule has 1 atom stereocenters. The normalized spacial score (nSPS) is 11.7. The fourth-order valence-corrected chi connectivity index (χ4v) is 2.04. The highest BCUT2D eigenvalue weighted by molar-refractivity contribution is 5.80. The Bertz CT molecular complexity index is 489. The Morgan fingerprint density at radius 3 is 2.24 bits per heavy atom. The molecule has 6 nitrogen and oxygen atoms in total. The monoisotopic (exact) mass is 296 g/mol. The van der Waals surface area contributed by atoms with E-state index in [1.165, 1.54) is 0 Å². The van der Waals surface area contributed by atoms with E-state index >= 15 is 0 Å². The van der Waals surface area contributed by atoms with Gasteiger partial charge < -0.3 is 24.4 Å². The number of nitrogens with zero attached hydrogens (tertiary/aromatic N) is 1. The molecule has 6 heteroatoms. The quantitative estimate of drug-likeness (QED) is 0.821. The molecule has 0 bridgehead atoms. The lowest BCUT2D eigenvalue weighted by molar-refractivity contribution is -0.130. The van der Waals surface area contributed by atoms with Crippen molar-refractivity contribution in [2.45, 2.75) is 19.5 Å². The average molecular weight is 296 g/mol. The Morgan fingerprint density at radius 2 is 1.76 bits per heavy atom. The van der Waals surface area contributed by atoms with Gasteiger partial charge in [0.05, 0.1) is 27.4 Å². The lowest BCUT2D eigenvalue weighted by Crippen LogP contribution is -2.41. The summed E-state index contributed by atoms with van der Waals surface area (Å²) in [5.41, 5.74) is 0.897. The number of likely N-dealkylation sites (N-methyl/N-ethyl adjacent to an activating group) is 1. The van der Waals surface area contributed by atoms with E-state index in [4.69, 9.17) is 14.2 Å². The molecule has 0 saturated heterocycles. The molecule has 1 aromatic rings. The number of nitrogens with one attached hydrogen (secondary N) is 1. The Kier molecular flexibility index (Phi) is 6.30. The van der Waals surface area contributed by atoms with Gasteiger partial charge in [0, 0.05) is 26.2 Å². The second-order valence-corrected chi connectivity index (χ2v) is 4.83.